The van der Waals surface area contributed by atoms with Gasteiger partial charge in [-0.25, -0.2) is 8.78 Å². The van der Waals surface area contributed by atoms with Crippen molar-refractivity contribution >= 4 is 15.9 Å². The first-order valence-electron chi connectivity index (χ1n) is 6.97. The highest BCUT2D eigenvalue weighted by Gasteiger charge is 2.35. The third kappa shape index (κ3) is 3.05. The number of hydrogen-bond acceptors (Lipinski definition) is 2. The minimum Gasteiger partial charge on any atom is -0.326 e. The van der Waals surface area contributed by atoms with E-state index in [1.807, 2.05) is 0 Å². The highest BCUT2D eigenvalue weighted by atomic mass is 79.9. The Morgan fingerprint density at radius 3 is 2.50 bits per heavy atom. The molecule has 1 heterocycles. The van der Waals surface area contributed by atoms with Crippen LogP contribution in [0.25, 0.3) is 0 Å². The van der Waals surface area contributed by atoms with Crippen LogP contribution in [0, 0.1) is 11.6 Å². The second-order valence-corrected chi connectivity index (χ2v) is 6.83. The fraction of sp³-hybridized carbons (Fsp3) is 0.600. The van der Waals surface area contributed by atoms with E-state index < -0.39 is 11.6 Å². The Balaban J connectivity index is 2.19. The molecule has 2 rings (SSSR count). The number of nitrogens with two attached hydrogens (primary N) is 1. The Kier molecular flexibility index (Phi) is 4.82. The quantitative estimate of drug-likeness (QED) is 0.845. The van der Waals surface area contributed by atoms with Gasteiger partial charge in [-0.15, -0.1) is 0 Å². The van der Waals surface area contributed by atoms with Crippen LogP contribution in [0.5, 0.6) is 0 Å². The van der Waals surface area contributed by atoms with Crippen LogP contribution >= 0.6 is 15.9 Å². The molecule has 0 amide bonds. The maximum atomic E-state index is 14.0. The number of halogens is 3. The largest absolute Gasteiger partial charge is 0.326 e. The molecule has 1 aliphatic heterocycles. The van der Waals surface area contributed by atoms with Crippen LogP contribution in [-0.4, -0.2) is 29.6 Å². The van der Waals surface area contributed by atoms with E-state index in [9.17, 15) is 8.78 Å². The minimum absolute atomic E-state index is 0.0687. The van der Waals surface area contributed by atoms with Crippen molar-refractivity contribution < 1.29 is 8.78 Å². The molecule has 0 radical (unpaired) electrons. The van der Waals surface area contributed by atoms with E-state index in [1.165, 1.54) is 12.1 Å². The molecule has 5 heteroatoms. The lowest BCUT2D eigenvalue weighted by atomic mass is 9.88. The molecule has 20 heavy (non-hydrogen) atoms. The van der Waals surface area contributed by atoms with Crippen LogP contribution in [0.1, 0.15) is 32.3 Å². The van der Waals surface area contributed by atoms with Gasteiger partial charge in [-0.05, 0) is 74.3 Å². The fourth-order valence-electron chi connectivity index (χ4n) is 2.75. The molecule has 0 spiro atoms. The average molecular weight is 347 g/mol. The van der Waals surface area contributed by atoms with Crippen LogP contribution in [0.15, 0.2) is 16.6 Å². The molecule has 1 aromatic rings. The van der Waals surface area contributed by atoms with Crippen LogP contribution in [0.4, 0.5) is 8.78 Å². The van der Waals surface area contributed by atoms with Crippen molar-refractivity contribution in [2.75, 3.05) is 13.1 Å². The predicted molar refractivity (Wildman–Crippen MR) is 80.6 cm³/mol. The number of benzene rings is 1. The molecule has 1 unspecified atom stereocenters. The van der Waals surface area contributed by atoms with Gasteiger partial charge in [-0.1, -0.05) is 0 Å². The summed E-state index contributed by atoms with van der Waals surface area (Å²) in [7, 11) is 0. The zero-order valence-electron chi connectivity index (χ0n) is 11.9. The van der Waals surface area contributed by atoms with Crippen molar-refractivity contribution in [2.24, 2.45) is 5.73 Å². The van der Waals surface area contributed by atoms with Gasteiger partial charge in [-0.3, -0.25) is 4.90 Å². The second-order valence-electron chi connectivity index (χ2n) is 5.98. The van der Waals surface area contributed by atoms with E-state index in [1.54, 1.807) is 0 Å². The van der Waals surface area contributed by atoms with Crippen molar-refractivity contribution in [3.8, 4) is 0 Å². The van der Waals surface area contributed by atoms with Gasteiger partial charge in [-0.2, -0.15) is 0 Å². The molecule has 2 N–H and O–H groups in total. The molecule has 2 nitrogen and oxygen atoms in total. The van der Waals surface area contributed by atoms with Gasteiger partial charge in [0.05, 0.1) is 4.47 Å². The zero-order valence-corrected chi connectivity index (χ0v) is 13.5. The molecule has 0 bridgehead atoms. The standard InChI is InChI=1S/C15H21BrF2N2/c1-15(2,20-7-3-4-8-20)13(19)9-10-12(17)6-5-11(16)14(10)18/h5-6,13H,3-4,7-9,19H2,1-2H3. The van der Waals surface area contributed by atoms with E-state index >= 15 is 0 Å². The smallest absolute Gasteiger partial charge is 0.143 e. The van der Waals surface area contributed by atoms with Crippen LogP contribution in [0.3, 0.4) is 0 Å². The molecule has 1 saturated heterocycles. The summed E-state index contributed by atoms with van der Waals surface area (Å²) in [5, 5.41) is 0. The molecule has 1 fully saturated rings. The maximum absolute atomic E-state index is 14.0. The van der Waals surface area contributed by atoms with Crippen LogP contribution in [0.2, 0.25) is 0 Å². The van der Waals surface area contributed by atoms with Crippen LogP contribution < -0.4 is 5.73 Å². The van der Waals surface area contributed by atoms with E-state index in [-0.39, 0.29) is 28.0 Å². The average Bonchev–Trinajstić information content (AvgIpc) is 2.93. The van der Waals surface area contributed by atoms with Gasteiger partial charge in [0, 0.05) is 17.1 Å². The summed E-state index contributed by atoms with van der Waals surface area (Å²) in [5.41, 5.74) is 6.06. The predicted octanol–water partition coefficient (Wildman–Crippen LogP) is 3.47. The lowest BCUT2D eigenvalue weighted by Gasteiger charge is -2.40. The molecule has 0 saturated carbocycles. The van der Waals surface area contributed by atoms with Crippen molar-refractivity contribution in [2.45, 2.75) is 44.7 Å². The SMILES string of the molecule is CC(C)(C(N)Cc1c(F)ccc(Br)c1F)N1CCCC1. The minimum atomic E-state index is -0.544. The van der Waals surface area contributed by atoms with Gasteiger partial charge in [0.15, 0.2) is 0 Å². The molecule has 0 aromatic heterocycles. The summed E-state index contributed by atoms with van der Waals surface area (Å²) in [5.74, 6) is -1.07. The van der Waals surface area contributed by atoms with E-state index in [2.05, 4.69) is 34.7 Å². The lowest BCUT2D eigenvalue weighted by Crippen LogP contribution is -2.56. The van der Waals surface area contributed by atoms with Gasteiger partial charge >= 0.3 is 0 Å². The molecule has 1 aliphatic rings. The fourth-order valence-corrected chi connectivity index (χ4v) is 3.13. The Morgan fingerprint density at radius 2 is 1.90 bits per heavy atom. The summed E-state index contributed by atoms with van der Waals surface area (Å²) >= 11 is 3.09. The molecular formula is C15H21BrF2N2. The van der Waals surface area contributed by atoms with Crippen molar-refractivity contribution in [3.05, 3.63) is 33.8 Å². The monoisotopic (exact) mass is 346 g/mol. The Morgan fingerprint density at radius 1 is 1.30 bits per heavy atom. The number of hydrogen-bond donors (Lipinski definition) is 1. The molecule has 0 aliphatic carbocycles. The van der Waals surface area contributed by atoms with E-state index in [4.69, 9.17) is 5.73 Å². The number of nitrogens with zero attached hydrogens (tertiary/aromatic N) is 1. The first-order chi connectivity index (χ1) is 9.34. The van der Waals surface area contributed by atoms with Crippen molar-refractivity contribution in [1.29, 1.82) is 0 Å². The maximum Gasteiger partial charge on any atom is 0.143 e. The van der Waals surface area contributed by atoms with Gasteiger partial charge in [0.25, 0.3) is 0 Å². The summed E-state index contributed by atoms with van der Waals surface area (Å²) in [6.45, 7) is 6.11. The summed E-state index contributed by atoms with van der Waals surface area (Å²) in [6.07, 6.45) is 2.52. The van der Waals surface area contributed by atoms with Crippen LogP contribution in [-0.2, 0) is 6.42 Å². The normalized spacial score (nSPS) is 18.5. The second kappa shape index (κ2) is 6.08. The lowest BCUT2D eigenvalue weighted by molar-refractivity contribution is 0.123. The zero-order chi connectivity index (χ0) is 14.9. The third-order valence-electron chi connectivity index (χ3n) is 4.39. The van der Waals surface area contributed by atoms with E-state index in [0.717, 1.165) is 25.9 Å². The van der Waals surface area contributed by atoms with E-state index in [0.29, 0.717) is 0 Å². The Labute approximate surface area is 127 Å². The first-order valence-corrected chi connectivity index (χ1v) is 7.76. The number of rotatable bonds is 4. The summed E-state index contributed by atoms with van der Waals surface area (Å²) in [6, 6.07) is 2.34. The van der Waals surface area contributed by atoms with Gasteiger partial charge in [0.1, 0.15) is 11.6 Å². The third-order valence-corrected chi connectivity index (χ3v) is 5.00. The Bertz CT molecular complexity index is 485. The Hall–Kier alpha value is -0.520. The molecule has 1 aromatic carbocycles. The molecular weight excluding hydrogens is 326 g/mol. The summed E-state index contributed by atoms with van der Waals surface area (Å²) < 4.78 is 28.1. The highest BCUT2D eigenvalue weighted by molar-refractivity contribution is 9.10. The first kappa shape index (κ1) is 15.9. The summed E-state index contributed by atoms with van der Waals surface area (Å²) in [4.78, 5) is 2.31. The van der Waals surface area contributed by atoms with Crippen molar-refractivity contribution in [3.63, 3.8) is 0 Å². The highest BCUT2D eigenvalue weighted by Crippen LogP contribution is 2.28. The van der Waals surface area contributed by atoms with Gasteiger partial charge in [0.2, 0.25) is 0 Å². The van der Waals surface area contributed by atoms with Gasteiger partial charge < -0.3 is 5.73 Å². The number of likely N-dealkylation sites (tertiary alicyclic amines) is 1. The molecule has 112 valence electrons. The topological polar surface area (TPSA) is 29.3 Å². The van der Waals surface area contributed by atoms with Crippen molar-refractivity contribution in [1.82, 2.24) is 4.90 Å². The molecule has 1 atom stereocenters.